The minimum atomic E-state index is 0.212. The van der Waals surface area contributed by atoms with E-state index in [1.807, 2.05) is 47.4 Å². The second-order valence-electron chi connectivity index (χ2n) is 4.46. The fourth-order valence-electron chi connectivity index (χ4n) is 2.14. The molecule has 5 heteroatoms. The van der Waals surface area contributed by atoms with E-state index < -0.39 is 0 Å². The number of phenols is 1. The van der Waals surface area contributed by atoms with Gasteiger partial charge in [-0.3, -0.25) is 0 Å². The molecule has 0 aliphatic carbocycles. The first kappa shape index (κ1) is 18.9. The highest BCUT2D eigenvalue weighted by Crippen LogP contribution is 2.42. The molecule has 1 aromatic carbocycles. The molecule has 0 spiro atoms. The Morgan fingerprint density at radius 3 is 2.38 bits per heavy atom. The SMILES string of the molecule is CCSCC(SCC)C(SCC)c1ccc(O)c(OC)c1. The third-order valence-electron chi connectivity index (χ3n) is 3.08. The van der Waals surface area contributed by atoms with Gasteiger partial charge < -0.3 is 9.84 Å². The fraction of sp³-hybridized carbons (Fsp3) is 0.625. The summed E-state index contributed by atoms with van der Waals surface area (Å²) in [6.45, 7) is 6.64. The van der Waals surface area contributed by atoms with Crippen molar-refractivity contribution in [1.82, 2.24) is 0 Å². The van der Waals surface area contributed by atoms with E-state index in [0.717, 1.165) is 23.0 Å². The van der Waals surface area contributed by atoms with Gasteiger partial charge in [-0.15, -0.1) is 0 Å². The summed E-state index contributed by atoms with van der Waals surface area (Å²) in [5.74, 6) is 5.32. The summed E-state index contributed by atoms with van der Waals surface area (Å²) in [7, 11) is 1.60. The molecule has 0 aromatic heterocycles. The average molecular weight is 347 g/mol. The molecule has 0 aliphatic heterocycles. The van der Waals surface area contributed by atoms with Gasteiger partial charge in [0.1, 0.15) is 0 Å². The molecule has 21 heavy (non-hydrogen) atoms. The van der Waals surface area contributed by atoms with Gasteiger partial charge in [-0.2, -0.15) is 35.3 Å². The minimum Gasteiger partial charge on any atom is -0.504 e. The van der Waals surface area contributed by atoms with Gasteiger partial charge in [0.15, 0.2) is 11.5 Å². The lowest BCUT2D eigenvalue weighted by atomic mass is 10.1. The maximum absolute atomic E-state index is 9.79. The lowest BCUT2D eigenvalue weighted by Crippen LogP contribution is -2.17. The van der Waals surface area contributed by atoms with E-state index in [0.29, 0.717) is 16.2 Å². The van der Waals surface area contributed by atoms with E-state index in [9.17, 15) is 5.11 Å². The molecule has 2 unspecified atom stereocenters. The zero-order valence-corrected chi connectivity index (χ0v) is 15.7. The van der Waals surface area contributed by atoms with Gasteiger partial charge in [-0.05, 0) is 35.0 Å². The molecule has 0 aliphatic rings. The van der Waals surface area contributed by atoms with Crippen LogP contribution in [0.3, 0.4) is 0 Å². The molecule has 1 rings (SSSR count). The molecule has 0 fully saturated rings. The molecule has 0 saturated heterocycles. The van der Waals surface area contributed by atoms with E-state index in [1.54, 1.807) is 13.2 Å². The van der Waals surface area contributed by atoms with Crippen LogP contribution in [0.4, 0.5) is 0 Å². The van der Waals surface area contributed by atoms with Gasteiger partial charge in [0, 0.05) is 16.3 Å². The van der Waals surface area contributed by atoms with Crippen LogP contribution >= 0.6 is 35.3 Å². The van der Waals surface area contributed by atoms with Crippen molar-refractivity contribution < 1.29 is 9.84 Å². The van der Waals surface area contributed by atoms with Crippen molar-refractivity contribution in [2.24, 2.45) is 0 Å². The summed E-state index contributed by atoms with van der Waals surface area (Å²) >= 11 is 6.02. The van der Waals surface area contributed by atoms with Crippen LogP contribution in [0, 0.1) is 0 Å². The molecular weight excluding hydrogens is 320 g/mol. The molecule has 0 saturated carbocycles. The predicted molar refractivity (Wildman–Crippen MR) is 100 cm³/mol. The zero-order valence-electron chi connectivity index (χ0n) is 13.3. The van der Waals surface area contributed by atoms with Crippen molar-refractivity contribution in [2.45, 2.75) is 31.3 Å². The van der Waals surface area contributed by atoms with Gasteiger partial charge in [0.2, 0.25) is 0 Å². The second-order valence-corrected chi connectivity index (χ2v) is 8.71. The van der Waals surface area contributed by atoms with Crippen LogP contribution in [0.5, 0.6) is 11.5 Å². The molecule has 2 atom stereocenters. The van der Waals surface area contributed by atoms with Crippen LogP contribution < -0.4 is 4.74 Å². The number of phenolic OH excluding ortho intramolecular Hbond substituents is 1. The Labute approximate surface area is 141 Å². The molecule has 1 N–H and O–H groups in total. The highest BCUT2D eigenvalue weighted by Gasteiger charge is 2.24. The van der Waals surface area contributed by atoms with Crippen LogP contribution in [0.1, 0.15) is 31.6 Å². The summed E-state index contributed by atoms with van der Waals surface area (Å²) in [6, 6.07) is 5.77. The molecule has 0 bridgehead atoms. The first-order chi connectivity index (χ1) is 10.2. The zero-order chi connectivity index (χ0) is 15.7. The van der Waals surface area contributed by atoms with Gasteiger partial charge in [0.25, 0.3) is 0 Å². The third-order valence-corrected chi connectivity index (χ3v) is 6.96. The summed E-state index contributed by atoms with van der Waals surface area (Å²) < 4.78 is 5.26. The number of hydrogen-bond donors (Lipinski definition) is 1. The minimum absolute atomic E-state index is 0.212. The Balaban J connectivity index is 3.01. The standard InChI is InChI=1S/C16H26O2S3/c1-5-19-11-15(20-6-2)16(21-7-3)12-8-9-13(17)14(10-12)18-4/h8-10,15-17H,5-7,11H2,1-4H3. The lowest BCUT2D eigenvalue weighted by Gasteiger charge is -2.26. The Morgan fingerprint density at radius 1 is 1.10 bits per heavy atom. The van der Waals surface area contributed by atoms with Crippen molar-refractivity contribution in [3.63, 3.8) is 0 Å². The first-order valence-corrected chi connectivity index (χ1v) is 10.6. The van der Waals surface area contributed by atoms with E-state index in [1.165, 1.54) is 5.56 Å². The van der Waals surface area contributed by atoms with Crippen LogP contribution in [-0.2, 0) is 0 Å². The van der Waals surface area contributed by atoms with Crippen molar-refractivity contribution in [1.29, 1.82) is 0 Å². The highest BCUT2D eigenvalue weighted by molar-refractivity contribution is 8.05. The summed E-state index contributed by atoms with van der Waals surface area (Å²) in [5.41, 5.74) is 1.25. The molecule has 0 radical (unpaired) electrons. The van der Waals surface area contributed by atoms with Crippen molar-refractivity contribution in [3.8, 4) is 11.5 Å². The monoisotopic (exact) mass is 346 g/mol. The first-order valence-electron chi connectivity index (χ1n) is 7.35. The van der Waals surface area contributed by atoms with Crippen molar-refractivity contribution in [2.75, 3.05) is 30.1 Å². The van der Waals surface area contributed by atoms with Gasteiger partial charge in [-0.25, -0.2) is 0 Å². The predicted octanol–water partition coefficient (Wildman–Crippen LogP) is 5.07. The van der Waals surface area contributed by atoms with Gasteiger partial charge in [-0.1, -0.05) is 26.8 Å². The summed E-state index contributed by atoms with van der Waals surface area (Å²) in [5, 5.41) is 10.8. The van der Waals surface area contributed by atoms with Crippen LogP contribution in [-0.4, -0.2) is 40.5 Å². The molecular formula is C16H26O2S3. The third kappa shape index (κ3) is 5.87. The number of ether oxygens (including phenoxy) is 1. The van der Waals surface area contributed by atoms with Crippen LogP contribution in [0.15, 0.2) is 18.2 Å². The Morgan fingerprint density at radius 2 is 1.81 bits per heavy atom. The molecule has 2 nitrogen and oxygen atoms in total. The smallest absolute Gasteiger partial charge is 0.160 e. The van der Waals surface area contributed by atoms with Crippen LogP contribution in [0.25, 0.3) is 0 Å². The normalized spacial score (nSPS) is 13.9. The average Bonchev–Trinajstić information content (AvgIpc) is 2.50. The van der Waals surface area contributed by atoms with Crippen LogP contribution in [0.2, 0.25) is 0 Å². The maximum Gasteiger partial charge on any atom is 0.160 e. The second kappa shape index (κ2) is 10.6. The van der Waals surface area contributed by atoms with E-state index in [-0.39, 0.29) is 5.75 Å². The summed E-state index contributed by atoms with van der Waals surface area (Å²) in [6.07, 6.45) is 0. The number of hydrogen-bond acceptors (Lipinski definition) is 5. The van der Waals surface area contributed by atoms with E-state index >= 15 is 0 Å². The molecule has 1 aromatic rings. The largest absolute Gasteiger partial charge is 0.504 e. The number of rotatable bonds is 10. The maximum atomic E-state index is 9.79. The number of methoxy groups -OCH3 is 1. The topological polar surface area (TPSA) is 29.5 Å². The Kier molecular flexibility index (Phi) is 9.52. The fourth-order valence-corrected chi connectivity index (χ4v) is 5.84. The molecule has 120 valence electrons. The number of benzene rings is 1. The van der Waals surface area contributed by atoms with Gasteiger partial charge in [0.05, 0.1) is 7.11 Å². The Hall–Kier alpha value is -0.130. The van der Waals surface area contributed by atoms with E-state index in [2.05, 4.69) is 20.8 Å². The number of aromatic hydroxyl groups is 1. The van der Waals surface area contributed by atoms with Gasteiger partial charge >= 0.3 is 0 Å². The summed E-state index contributed by atoms with van der Waals surface area (Å²) in [4.78, 5) is 0. The van der Waals surface area contributed by atoms with Crippen molar-refractivity contribution >= 4 is 35.3 Å². The highest BCUT2D eigenvalue weighted by atomic mass is 32.2. The quantitative estimate of drug-likeness (QED) is 0.639. The lowest BCUT2D eigenvalue weighted by molar-refractivity contribution is 0.373. The Bertz CT molecular complexity index is 413. The molecule has 0 amide bonds. The van der Waals surface area contributed by atoms with Crippen molar-refractivity contribution in [3.05, 3.63) is 23.8 Å². The molecule has 0 heterocycles. The van der Waals surface area contributed by atoms with E-state index in [4.69, 9.17) is 4.74 Å². The number of thioether (sulfide) groups is 3.